The van der Waals surface area contributed by atoms with Gasteiger partial charge in [0.05, 0.1) is 6.04 Å². The smallest absolute Gasteiger partial charge is 0.117 e. The molecule has 2 heterocycles. The zero-order chi connectivity index (χ0) is 10.4. The fraction of sp³-hybridized carbons (Fsp3) is 0.333. The summed E-state index contributed by atoms with van der Waals surface area (Å²) in [6, 6.07) is 6.36. The van der Waals surface area contributed by atoms with Crippen LogP contribution in [0.5, 0.6) is 5.75 Å². The van der Waals surface area contributed by atoms with E-state index in [0.717, 1.165) is 5.69 Å². The normalized spacial score (nSPS) is 29.4. The van der Waals surface area contributed by atoms with Crippen LogP contribution in [0.1, 0.15) is 18.4 Å². The molecule has 86 valence electrons. The summed E-state index contributed by atoms with van der Waals surface area (Å²) in [5, 5.41) is 16.2. The zero-order valence-electron chi connectivity index (χ0n) is 8.97. The van der Waals surface area contributed by atoms with E-state index in [-0.39, 0.29) is 12.4 Å². The predicted octanol–water partition coefficient (Wildman–Crippen LogP) is 2.20. The number of anilines is 1. The molecule has 16 heavy (non-hydrogen) atoms. The second kappa shape index (κ2) is 3.91. The van der Waals surface area contributed by atoms with E-state index in [1.165, 1.54) is 5.56 Å². The van der Waals surface area contributed by atoms with E-state index >= 15 is 0 Å². The number of benzene rings is 1. The molecule has 4 heteroatoms. The fourth-order valence-electron chi connectivity index (χ4n) is 2.50. The molecule has 3 N–H and O–H groups in total. The molecule has 0 aliphatic carbocycles. The van der Waals surface area contributed by atoms with Gasteiger partial charge >= 0.3 is 0 Å². The molecule has 0 aromatic heterocycles. The first-order chi connectivity index (χ1) is 7.25. The highest BCUT2D eigenvalue weighted by atomic mass is 35.5. The van der Waals surface area contributed by atoms with Gasteiger partial charge in [-0.3, -0.25) is 0 Å². The van der Waals surface area contributed by atoms with Crippen LogP contribution in [-0.4, -0.2) is 17.2 Å². The summed E-state index contributed by atoms with van der Waals surface area (Å²) in [6.07, 6.45) is 4.20. The fourth-order valence-corrected chi connectivity index (χ4v) is 2.50. The van der Waals surface area contributed by atoms with Crippen molar-refractivity contribution in [3.8, 4) is 5.75 Å². The van der Waals surface area contributed by atoms with E-state index in [1.54, 1.807) is 12.1 Å². The number of phenols is 1. The lowest BCUT2D eigenvalue weighted by Crippen LogP contribution is -2.42. The maximum atomic E-state index is 9.42. The van der Waals surface area contributed by atoms with Crippen LogP contribution in [0.25, 0.3) is 0 Å². The standard InChI is InChI=1S/C12H14N2O.ClH/c1-7-12-10(4-5-13-7)9-3-2-8(15)6-11(9)14-12;/h2-7,10,12-15H,1H3;1H. The molecule has 3 unspecified atom stereocenters. The summed E-state index contributed by atoms with van der Waals surface area (Å²) in [5.41, 5.74) is 2.34. The third-order valence-corrected chi connectivity index (χ3v) is 3.31. The van der Waals surface area contributed by atoms with Gasteiger partial charge in [0.2, 0.25) is 0 Å². The molecule has 0 spiro atoms. The van der Waals surface area contributed by atoms with Gasteiger partial charge in [0.25, 0.3) is 0 Å². The molecule has 1 aromatic rings. The quantitative estimate of drug-likeness (QED) is 0.649. The van der Waals surface area contributed by atoms with E-state index in [4.69, 9.17) is 0 Å². The van der Waals surface area contributed by atoms with Gasteiger partial charge < -0.3 is 15.7 Å². The Morgan fingerprint density at radius 3 is 2.94 bits per heavy atom. The molecule has 0 fully saturated rings. The first-order valence-corrected chi connectivity index (χ1v) is 5.28. The molecule has 2 aliphatic heterocycles. The van der Waals surface area contributed by atoms with E-state index in [1.807, 2.05) is 12.3 Å². The number of fused-ring (bicyclic) bond motifs is 3. The minimum Gasteiger partial charge on any atom is -0.508 e. The Labute approximate surface area is 101 Å². The summed E-state index contributed by atoms with van der Waals surface area (Å²) < 4.78 is 0. The van der Waals surface area contributed by atoms with Gasteiger partial charge in [-0.1, -0.05) is 12.1 Å². The number of nitrogens with one attached hydrogen (secondary N) is 2. The molecule has 1 aromatic carbocycles. The second-order valence-corrected chi connectivity index (χ2v) is 4.28. The lowest BCUT2D eigenvalue weighted by molar-refractivity contribution is 0.475. The minimum absolute atomic E-state index is 0. The largest absolute Gasteiger partial charge is 0.508 e. The predicted molar refractivity (Wildman–Crippen MR) is 67.2 cm³/mol. The Hall–Kier alpha value is -1.35. The molecular weight excluding hydrogens is 224 g/mol. The minimum atomic E-state index is 0. The monoisotopic (exact) mass is 238 g/mol. The van der Waals surface area contributed by atoms with Crippen LogP contribution in [0.4, 0.5) is 5.69 Å². The van der Waals surface area contributed by atoms with Gasteiger partial charge in [0.1, 0.15) is 5.75 Å². The zero-order valence-corrected chi connectivity index (χ0v) is 9.79. The van der Waals surface area contributed by atoms with Gasteiger partial charge in [-0.2, -0.15) is 0 Å². The van der Waals surface area contributed by atoms with Gasteiger partial charge in [-0.25, -0.2) is 0 Å². The Balaban J connectivity index is 0.000000963. The van der Waals surface area contributed by atoms with Crippen molar-refractivity contribution in [2.45, 2.75) is 24.9 Å². The first-order valence-electron chi connectivity index (χ1n) is 5.28. The SMILES string of the molecule is CC1NC=CC2c3ccc(O)cc3NC12.Cl. The van der Waals surface area contributed by atoms with Gasteiger partial charge in [0.15, 0.2) is 0 Å². The van der Waals surface area contributed by atoms with Crippen molar-refractivity contribution in [3.63, 3.8) is 0 Å². The third-order valence-electron chi connectivity index (χ3n) is 3.31. The molecule has 0 bridgehead atoms. The van der Waals surface area contributed by atoms with E-state index < -0.39 is 0 Å². The summed E-state index contributed by atoms with van der Waals surface area (Å²) >= 11 is 0. The van der Waals surface area contributed by atoms with E-state index in [9.17, 15) is 5.11 Å². The number of hydrogen-bond acceptors (Lipinski definition) is 3. The summed E-state index contributed by atoms with van der Waals surface area (Å²) in [6.45, 7) is 2.17. The van der Waals surface area contributed by atoms with Crippen LogP contribution in [0.3, 0.4) is 0 Å². The first kappa shape index (κ1) is 11.1. The van der Waals surface area contributed by atoms with Crippen LogP contribution in [0.2, 0.25) is 0 Å². The number of halogens is 1. The summed E-state index contributed by atoms with van der Waals surface area (Å²) in [7, 11) is 0. The molecular formula is C12H15ClN2O. The number of rotatable bonds is 0. The molecule has 0 saturated heterocycles. The van der Waals surface area contributed by atoms with E-state index in [2.05, 4.69) is 23.6 Å². The highest BCUT2D eigenvalue weighted by molar-refractivity contribution is 5.85. The second-order valence-electron chi connectivity index (χ2n) is 4.28. The average molecular weight is 239 g/mol. The Morgan fingerprint density at radius 1 is 1.31 bits per heavy atom. The maximum absolute atomic E-state index is 9.42. The maximum Gasteiger partial charge on any atom is 0.117 e. The highest BCUT2D eigenvalue weighted by Gasteiger charge is 2.35. The number of aromatic hydroxyl groups is 1. The van der Waals surface area contributed by atoms with Crippen molar-refractivity contribution in [1.29, 1.82) is 0 Å². The van der Waals surface area contributed by atoms with Gasteiger partial charge in [-0.05, 0) is 24.8 Å². The molecule has 0 amide bonds. The van der Waals surface area contributed by atoms with Crippen LogP contribution < -0.4 is 10.6 Å². The van der Waals surface area contributed by atoms with Crippen molar-refractivity contribution in [2.75, 3.05) is 5.32 Å². The van der Waals surface area contributed by atoms with Crippen molar-refractivity contribution >= 4 is 18.1 Å². The number of phenolic OH excluding ortho intramolecular Hbond substituents is 1. The Morgan fingerprint density at radius 2 is 2.12 bits per heavy atom. The van der Waals surface area contributed by atoms with Crippen LogP contribution >= 0.6 is 12.4 Å². The van der Waals surface area contributed by atoms with Crippen LogP contribution in [0.15, 0.2) is 30.5 Å². The molecule has 3 rings (SSSR count). The third kappa shape index (κ3) is 1.52. The van der Waals surface area contributed by atoms with Gasteiger partial charge in [-0.15, -0.1) is 12.4 Å². The Kier molecular flexibility index (Phi) is 2.72. The molecule has 0 saturated carbocycles. The molecule has 3 atom stereocenters. The van der Waals surface area contributed by atoms with Crippen LogP contribution in [-0.2, 0) is 0 Å². The van der Waals surface area contributed by atoms with Crippen LogP contribution in [0, 0.1) is 0 Å². The van der Waals surface area contributed by atoms with Crippen molar-refractivity contribution in [3.05, 3.63) is 36.0 Å². The summed E-state index contributed by atoms with van der Waals surface area (Å²) in [4.78, 5) is 0. The Bertz CT molecular complexity index is 433. The van der Waals surface area contributed by atoms with Gasteiger partial charge in [0, 0.05) is 23.7 Å². The molecule has 2 aliphatic rings. The average Bonchev–Trinajstić information content (AvgIpc) is 2.57. The molecule has 3 nitrogen and oxygen atoms in total. The van der Waals surface area contributed by atoms with Crippen molar-refractivity contribution in [1.82, 2.24) is 5.32 Å². The van der Waals surface area contributed by atoms with Crippen molar-refractivity contribution in [2.24, 2.45) is 0 Å². The van der Waals surface area contributed by atoms with Crippen molar-refractivity contribution < 1.29 is 5.11 Å². The molecule has 0 radical (unpaired) electrons. The lowest BCUT2D eigenvalue weighted by atomic mass is 9.89. The topological polar surface area (TPSA) is 44.3 Å². The van der Waals surface area contributed by atoms with E-state index in [0.29, 0.717) is 23.8 Å². The lowest BCUT2D eigenvalue weighted by Gasteiger charge is -2.28. The number of hydrogen-bond donors (Lipinski definition) is 3. The summed E-state index contributed by atoms with van der Waals surface area (Å²) in [5.74, 6) is 0.751. The highest BCUT2D eigenvalue weighted by Crippen LogP contribution is 2.40.